The maximum Gasteiger partial charge on any atom is 0.303 e. The van der Waals surface area contributed by atoms with Crippen molar-refractivity contribution in [2.24, 2.45) is 17.6 Å². The van der Waals surface area contributed by atoms with Crippen molar-refractivity contribution in [1.82, 2.24) is 110 Å². The van der Waals surface area contributed by atoms with Gasteiger partial charge >= 0.3 is 5.97 Å². The summed E-state index contributed by atoms with van der Waals surface area (Å²) in [6, 6.07) is 11.0. The van der Waals surface area contributed by atoms with Gasteiger partial charge in [-0.15, -0.1) is 0 Å². The van der Waals surface area contributed by atoms with Crippen LogP contribution >= 0.6 is 21.6 Å². The first kappa shape index (κ1) is 126. The van der Waals surface area contributed by atoms with Gasteiger partial charge < -0.3 is 163 Å². The standard InChI is InChI=1S/C94H126N22O21S2.4Gd/c1-9-55(4)84(93(136)108-70(28-30-79(95)122)85(128)103-46-62-22-20-61(21-23-62)45-102-81(124)50-114(37-32-96-56(5)117)38-33-97-57(6)118)113-90(133)75(44-64-48-101-69-18-13-11-16-67(64)69)109-91(134)76-52-138-139-53-77(94(137)116-36-14-19-78(116)92(135)110-73(42-60-24-26-65(121)27-25-60)86(129)104-49-80(123)105-72(41-54(2)3)88(131)111-76)112-87(130)71(29-31-83(126)127)107-89(132)74(43-63-47-100-68-17-12-10-15-66(63)68)106-82(125)51-115(39-34-98-58(7)119)40-35-99-59(8)120;;;;/h10-13,15-18,20-27,47-48,54-55,70-78,84,100-101,121H,5-9,14,19,28-46,49-53H2,1-4H3,(H2,95,122)(H,96,117)(H,97,118)(H,98,119)(H,99,120)(H,102,124)(H,103,128)(H,104,129)(H,105,123)(H,106,125)(H,107,132)(H,108,136)(H,109,134)(H,110,135)(H,111,131)(H,112,130)(H,113,133)(H,126,127);;;;/q-4;;;;/t55?,70-,71-,72-,73-,74-,75-,76-,77-,78?,84-;;;;/m0..../s1. The van der Waals surface area contributed by atoms with E-state index >= 15 is 28.8 Å². The number of phenolic OH excluding ortho intramolecular Hbond substituents is 1. The topological polar surface area (TPSA) is 625 Å². The third-order valence-electron chi connectivity index (χ3n) is 23.0. The van der Waals surface area contributed by atoms with Crippen molar-refractivity contribution in [1.29, 1.82) is 0 Å². The predicted molar refractivity (Wildman–Crippen MR) is 517 cm³/mol. The second kappa shape index (κ2) is 65.6. The van der Waals surface area contributed by atoms with Crippen LogP contribution in [0.4, 0.5) is 0 Å². The number of para-hydroxylation sites is 2. The Hall–Kier alpha value is -8.91. The van der Waals surface area contributed by atoms with Crippen LogP contribution in [0.5, 0.6) is 5.75 Å². The number of nitrogens with zero attached hydrogens (tertiary/aromatic N) is 3. The summed E-state index contributed by atoms with van der Waals surface area (Å²) in [5.74, 6) is -17.8. The molecule has 0 aliphatic carbocycles. The molecule has 2 aliphatic heterocycles. The Morgan fingerprint density at radius 2 is 1.01 bits per heavy atom. The van der Waals surface area contributed by atoms with Crippen LogP contribution in [-0.4, -0.2) is 298 Å². The van der Waals surface area contributed by atoms with Gasteiger partial charge in [0.25, 0.3) is 0 Å². The van der Waals surface area contributed by atoms with Crippen LogP contribution in [-0.2, 0) is 123 Å². The van der Waals surface area contributed by atoms with E-state index in [0.717, 1.165) is 21.6 Å². The van der Waals surface area contributed by atoms with Crippen molar-refractivity contribution in [2.75, 3.05) is 90.0 Å². The van der Waals surface area contributed by atoms with Gasteiger partial charge in [-0.3, -0.25) is 81.7 Å². The molecular formula is C94H126Gd4N22O21S2-4. The Morgan fingerprint density at radius 3 is 1.54 bits per heavy atom. The smallest absolute Gasteiger partial charge is 0.303 e. The number of nitrogens with one attached hydrogen (secondary N) is 18. The molecule has 18 amide bonds. The van der Waals surface area contributed by atoms with Crippen LogP contribution in [0.15, 0.2) is 109 Å². The minimum absolute atomic E-state index is 0. The molecule has 2 aliphatic rings. The van der Waals surface area contributed by atoms with Crippen molar-refractivity contribution >= 4 is 156 Å². The largest absolute Gasteiger partial charge is 0.508 e. The number of aromatic amines is 2. The van der Waals surface area contributed by atoms with Crippen LogP contribution in [0.25, 0.3) is 21.8 Å². The van der Waals surface area contributed by atoms with E-state index in [9.17, 15) is 72.5 Å². The van der Waals surface area contributed by atoms with Crippen LogP contribution in [0.2, 0.25) is 0 Å². The predicted octanol–water partition coefficient (Wildman–Crippen LogP) is -2.19. The van der Waals surface area contributed by atoms with Crippen LogP contribution < -0.4 is 90.8 Å². The second-order valence-corrected chi connectivity index (χ2v) is 36.8. The Kier molecular flexibility index (Phi) is 58.0. The molecule has 786 valence electrons. The minimum Gasteiger partial charge on any atom is -0.508 e. The quantitative estimate of drug-likeness (QED) is 0.0142. The zero-order valence-corrected chi connectivity index (χ0v) is 90.2. The van der Waals surface area contributed by atoms with Gasteiger partial charge in [0, 0.05) is 310 Å². The number of aromatic nitrogens is 2. The molecular weight excluding hydrogens is 2470 g/mol. The van der Waals surface area contributed by atoms with E-state index < -0.39 is 210 Å². The number of benzene rings is 4. The van der Waals surface area contributed by atoms with Crippen molar-refractivity contribution < 1.29 is 261 Å². The number of hydrogen-bond acceptors (Lipinski definition) is 24. The Morgan fingerprint density at radius 1 is 0.524 bits per heavy atom. The van der Waals surface area contributed by atoms with Crippen LogP contribution in [0.1, 0.15) is 107 Å². The Labute approximate surface area is 965 Å². The molecule has 11 atom stereocenters. The molecule has 43 nitrogen and oxygen atoms in total. The molecule has 0 radical (unpaired) electrons. The molecule has 49 heteroatoms. The Bertz CT molecular complexity index is 5280. The van der Waals surface area contributed by atoms with E-state index in [0.29, 0.717) is 49.6 Å². The third kappa shape index (κ3) is 44.3. The van der Waals surface area contributed by atoms with E-state index in [1.54, 1.807) is 123 Å². The fourth-order valence-corrected chi connectivity index (χ4v) is 17.8. The monoisotopic (exact) mass is 2590 g/mol. The summed E-state index contributed by atoms with van der Waals surface area (Å²) in [5, 5.41) is 64.6. The number of H-pyrrole nitrogens is 2. The molecule has 2 unspecified atom stereocenters. The molecule has 2 aromatic heterocycles. The molecule has 4 heterocycles. The molecule has 2 saturated heterocycles. The van der Waals surface area contributed by atoms with Crippen molar-refractivity contribution in [3.05, 3.63) is 165 Å². The molecule has 8 rings (SSSR count). The van der Waals surface area contributed by atoms with Crippen molar-refractivity contribution in [2.45, 2.75) is 172 Å². The van der Waals surface area contributed by atoms with Gasteiger partial charge in [-0.05, 0) is 96.0 Å². The molecule has 6 aromatic rings. The van der Waals surface area contributed by atoms with Gasteiger partial charge in [-0.25, -0.2) is 0 Å². The normalized spacial score (nSPS) is 16.9. The summed E-state index contributed by atoms with van der Waals surface area (Å²) in [6.07, 6.45) is 0.787. The van der Waals surface area contributed by atoms with Gasteiger partial charge in [-0.1, -0.05) is 128 Å². The zero-order chi connectivity index (χ0) is 101. The maximum atomic E-state index is 15.7. The number of carbonyl (C=O) groups excluding carboxylic acids is 18. The Balaban J connectivity index is 0.0000107. The number of carboxylic acid groups (broad SMARTS) is 1. The summed E-state index contributed by atoms with van der Waals surface area (Å²) in [7, 11) is 1.73. The summed E-state index contributed by atoms with van der Waals surface area (Å²) in [4.78, 5) is 275. The number of phenols is 1. The van der Waals surface area contributed by atoms with Crippen LogP contribution in [0.3, 0.4) is 0 Å². The van der Waals surface area contributed by atoms with Crippen LogP contribution in [0, 0.1) is 199 Å². The molecule has 0 spiro atoms. The first-order valence-electron chi connectivity index (χ1n) is 45.7. The number of rotatable bonds is 48. The fraction of sp³-hybridized carbons (Fsp3) is 0.457. The molecule has 143 heavy (non-hydrogen) atoms. The second-order valence-electron chi connectivity index (χ2n) is 34.3. The molecule has 22 N–H and O–H groups in total. The van der Waals surface area contributed by atoms with Gasteiger partial charge in [0.15, 0.2) is 0 Å². The summed E-state index contributed by atoms with van der Waals surface area (Å²) in [5.41, 5.74) is 9.60. The van der Waals surface area contributed by atoms with Crippen molar-refractivity contribution in [3.8, 4) is 5.75 Å². The fourth-order valence-electron chi connectivity index (χ4n) is 15.5. The molecule has 4 aromatic carbocycles. The number of aromatic hydroxyl groups is 1. The van der Waals surface area contributed by atoms with Crippen molar-refractivity contribution in [3.63, 3.8) is 0 Å². The first-order valence-corrected chi connectivity index (χ1v) is 48.2. The number of nitrogens with two attached hydrogens (primary N) is 1. The molecule has 2 fully saturated rings. The van der Waals surface area contributed by atoms with E-state index in [1.807, 2.05) is 0 Å². The average Bonchev–Trinajstić information content (AvgIpc) is 1.70. The minimum atomic E-state index is -1.81. The summed E-state index contributed by atoms with van der Waals surface area (Å²) >= 11 is 0. The average molecular weight is 2590 g/mol. The number of fused-ring (bicyclic) bond motifs is 3. The summed E-state index contributed by atoms with van der Waals surface area (Å²) in [6.45, 7) is 19.8. The van der Waals surface area contributed by atoms with E-state index in [2.05, 4.69) is 123 Å². The van der Waals surface area contributed by atoms with E-state index in [1.165, 1.54) is 29.2 Å². The number of carboxylic acids is 1. The SMILES string of the molecule is [CH2-]C(=O)NCCN(CCNC([CH2-])=O)CC(=O)NCc1ccc(CNC(=O)[C@H](CCC(N)=O)NC(=O)[C@@H](NC(=O)[C@H](Cc2c[nH]c3ccccc23)NC(=O)[C@@H]2CSSC[C@H](NC(=O)[C@H](CCC(=O)O)NC(=O)[C@H](Cc3c[nH]c4ccccc34)NC(=O)CN(CCNC([CH2-])=O)CCNC([CH2-])=O)C(=O)N3CCCC3C(=O)N[C@@H](Cc3ccc(O)cc3)C(=O)NCC(=O)N[C@@H](CC(C)C)C(=O)N2)C(C)CC)cc1.[Gd].[Gd].[Gd].[Gd]. The maximum absolute atomic E-state index is 15.7. The number of carbonyl (C=O) groups is 19. The van der Waals surface area contributed by atoms with E-state index in [4.69, 9.17) is 5.73 Å². The number of aliphatic carboxylic acids is 1. The zero-order valence-electron chi connectivity index (χ0n) is 79.5. The molecule has 0 saturated carbocycles. The third-order valence-corrected chi connectivity index (χ3v) is 25.4. The summed E-state index contributed by atoms with van der Waals surface area (Å²) < 4.78 is 0. The first-order chi connectivity index (χ1) is 66.3. The van der Waals surface area contributed by atoms with E-state index in [-0.39, 0.29) is 314 Å². The van der Waals surface area contributed by atoms with Gasteiger partial charge in [-0.2, -0.15) is 0 Å². The molecule has 0 bridgehead atoms. The number of hydrogen-bond donors (Lipinski definition) is 21. The van der Waals surface area contributed by atoms with Gasteiger partial charge in [0.2, 0.25) is 82.7 Å². The number of amides is 18. The van der Waals surface area contributed by atoms with Gasteiger partial charge in [0.05, 0.1) is 43.3 Å². The number of primary amides is 1. The van der Waals surface area contributed by atoms with Gasteiger partial charge in [0.1, 0.15) is 66.2 Å².